The predicted octanol–water partition coefficient (Wildman–Crippen LogP) is 2.89. The molecule has 0 aromatic heterocycles. The lowest BCUT2D eigenvalue weighted by Gasteiger charge is -2.16. The molecule has 4 heteroatoms. The highest BCUT2D eigenvalue weighted by Gasteiger charge is 2.46. The van der Waals surface area contributed by atoms with Crippen molar-refractivity contribution in [1.29, 1.82) is 0 Å². The zero-order valence-corrected chi connectivity index (χ0v) is 13.7. The average Bonchev–Trinajstić information content (AvgIpc) is 3.27. The number of likely N-dealkylation sites (tertiary alicyclic amines) is 1. The fourth-order valence-electron chi connectivity index (χ4n) is 3.65. The zero-order valence-electron chi connectivity index (χ0n) is 13.7. The number of aryl methyl sites for hydroxylation is 2. The van der Waals surface area contributed by atoms with Gasteiger partial charge in [0.05, 0.1) is 5.92 Å². The van der Waals surface area contributed by atoms with Gasteiger partial charge < -0.3 is 10.0 Å². The molecule has 2 fully saturated rings. The molecule has 2 aliphatic rings. The first-order valence-corrected chi connectivity index (χ1v) is 8.60. The van der Waals surface area contributed by atoms with Crippen LogP contribution in [-0.2, 0) is 16.0 Å². The molecule has 1 aliphatic carbocycles. The van der Waals surface area contributed by atoms with E-state index >= 15 is 0 Å². The molecule has 1 saturated carbocycles. The lowest BCUT2D eigenvalue weighted by atomic mass is 9.92. The second kappa shape index (κ2) is 6.73. The van der Waals surface area contributed by atoms with Crippen molar-refractivity contribution < 1.29 is 14.7 Å². The van der Waals surface area contributed by atoms with Crippen LogP contribution in [0.2, 0.25) is 0 Å². The Balaban J connectivity index is 1.48. The van der Waals surface area contributed by atoms with Gasteiger partial charge >= 0.3 is 5.97 Å². The summed E-state index contributed by atoms with van der Waals surface area (Å²) < 4.78 is 0. The van der Waals surface area contributed by atoms with E-state index in [1.54, 1.807) is 4.90 Å². The van der Waals surface area contributed by atoms with E-state index in [-0.39, 0.29) is 17.7 Å². The van der Waals surface area contributed by atoms with Crippen molar-refractivity contribution in [3.05, 3.63) is 35.4 Å². The Bertz CT molecular complexity index is 577. The Hall–Kier alpha value is -1.84. The molecular weight excluding hydrogens is 290 g/mol. The molecule has 1 saturated heterocycles. The first kappa shape index (κ1) is 16.0. The first-order valence-electron chi connectivity index (χ1n) is 8.60. The molecule has 0 bridgehead atoms. The van der Waals surface area contributed by atoms with Gasteiger partial charge in [-0.15, -0.1) is 0 Å². The van der Waals surface area contributed by atoms with Crippen molar-refractivity contribution in [2.75, 3.05) is 13.1 Å². The topological polar surface area (TPSA) is 57.6 Å². The molecular formula is C19H25NO3. The molecule has 0 unspecified atom stereocenters. The SMILES string of the molecule is Cc1ccc(CCCC(=O)N2C[C@H](C(=O)O)[C@@H](C3CC3)C2)cc1. The van der Waals surface area contributed by atoms with Gasteiger partial charge in [0, 0.05) is 19.5 Å². The standard InChI is InChI=1S/C19H25NO3/c1-13-5-7-14(8-6-13)3-2-4-18(21)20-11-16(15-9-10-15)17(12-20)19(22)23/h5-8,15-17H,2-4,9-12H2,1H3,(H,22,23)/t16-,17+/m1/s1. The van der Waals surface area contributed by atoms with Gasteiger partial charge in [-0.2, -0.15) is 0 Å². The molecule has 0 radical (unpaired) electrons. The maximum absolute atomic E-state index is 12.4. The van der Waals surface area contributed by atoms with Crippen LogP contribution in [0.5, 0.6) is 0 Å². The Morgan fingerprint density at radius 2 is 1.87 bits per heavy atom. The van der Waals surface area contributed by atoms with E-state index in [0.29, 0.717) is 25.4 Å². The van der Waals surface area contributed by atoms with Crippen LogP contribution in [0, 0.1) is 24.7 Å². The van der Waals surface area contributed by atoms with Gasteiger partial charge in [-0.3, -0.25) is 9.59 Å². The van der Waals surface area contributed by atoms with Crippen molar-refractivity contribution in [3.63, 3.8) is 0 Å². The molecule has 4 nitrogen and oxygen atoms in total. The molecule has 1 aromatic rings. The van der Waals surface area contributed by atoms with Crippen molar-refractivity contribution in [3.8, 4) is 0 Å². The number of benzene rings is 1. The molecule has 0 spiro atoms. The minimum absolute atomic E-state index is 0.117. The van der Waals surface area contributed by atoms with Crippen LogP contribution >= 0.6 is 0 Å². The smallest absolute Gasteiger partial charge is 0.308 e. The van der Waals surface area contributed by atoms with E-state index in [9.17, 15) is 14.7 Å². The molecule has 2 atom stereocenters. The Morgan fingerprint density at radius 3 is 2.48 bits per heavy atom. The summed E-state index contributed by atoms with van der Waals surface area (Å²) in [5, 5.41) is 9.37. The third kappa shape index (κ3) is 3.92. The van der Waals surface area contributed by atoms with Crippen molar-refractivity contribution >= 4 is 11.9 Å². The summed E-state index contributed by atoms with van der Waals surface area (Å²) in [6.07, 6.45) is 4.49. The van der Waals surface area contributed by atoms with Crippen LogP contribution in [0.4, 0.5) is 0 Å². The quantitative estimate of drug-likeness (QED) is 0.878. The van der Waals surface area contributed by atoms with Crippen molar-refractivity contribution in [2.24, 2.45) is 17.8 Å². The molecule has 23 heavy (non-hydrogen) atoms. The molecule has 1 amide bonds. The van der Waals surface area contributed by atoms with Crippen LogP contribution in [0.25, 0.3) is 0 Å². The predicted molar refractivity (Wildman–Crippen MR) is 88.0 cm³/mol. The third-order valence-electron chi connectivity index (χ3n) is 5.24. The number of hydrogen-bond acceptors (Lipinski definition) is 2. The Morgan fingerprint density at radius 1 is 1.17 bits per heavy atom. The highest BCUT2D eigenvalue weighted by Crippen LogP contribution is 2.44. The van der Waals surface area contributed by atoms with Gasteiger partial charge in [0.15, 0.2) is 0 Å². The number of nitrogens with zero attached hydrogens (tertiary/aromatic N) is 1. The van der Waals surface area contributed by atoms with Crippen LogP contribution < -0.4 is 0 Å². The number of aliphatic carboxylic acids is 1. The van der Waals surface area contributed by atoms with Gasteiger partial charge in [0.1, 0.15) is 0 Å². The van der Waals surface area contributed by atoms with E-state index in [1.165, 1.54) is 11.1 Å². The summed E-state index contributed by atoms with van der Waals surface area (Å²) in [5.41, 5.74) is 2.50. The summed E-state index contributed by atoms with van der Waals surface area (Å²) in [7, 11) is 0. The summed E-state index contributed by atoms with van der Waals surface area (Å²) in [5.74, 6) is -0.276. The second-order valence-electron chi connectivity index (χ2n) is 7.08. The van der Waals surface area contributed by atoms with Crippen LogP contribution in [0.15, 0.2) is 24.3 Å². The maximum Gasteiger partial charge on any atom is 0.308 e. The first-order chi connectivity index (χ1) is 11.0. The van der Waals surface area contributed by atoms with Gasteiger partial charge in [0.25, 0.3) is 0 Å². The number of carbonyl (C=O) groups excluding carboxylic acids is 1. The van der Waals surface area contributed by atoms with Crippen molar-refractivity contribution in [2.45, 2.75) is 39.0 Å². The van der Waals surface area contributed by atoms with E-state index in [0.717, 1.165) is 25.7 Å². The second-order valence-corrected chi connectivity index (χ2v) is 7.08. The number of carboxylic acids is 1. The van der Waals surface area contributed by atoms with Crippen LogP contribution in [0.3, 0.4) is 0 Å². The van der Waals surface area contributed by atoms with Crippen LogP contribution in [0.1, 0.15) is 36.8 Å². The monoisotopic (exact) mass is 315 g/mol. The molecule has 1 heterocycles. The summed E-state index contributed by atoms with van der Waals surface area (Å²) >= 11 is 0. The van der Waals surface area contributed by atoms with Gasteiger partial charge in [-0.05, 0) is 50.0 Å². The molecule has 124 valence electrons. The summed E-state index contributed by atoms with van der Waals surface area (Å²) in [6.45, 7) is 3.11. The Labute approximate surface area is 137 Å². The van der Waals surface area contributed by atoms with Gasteiger partial charge in [0.2, 0.25) is 5.91 Å². The van der Waals surface area contributed by atoms with E-state index < -0.39 is 5.97 Å². The fraction of sp³-hybridized carbons (Fsp3) is 0.579. The normalized spacial score (nSPS) is 24.0. The highest BCUT2D eigenvalue weighted by atomic mass is 16.4. The lowest BCUT2D eigenvalue weighted by Crippen LogP contribution is -2.29. The average molecular weight is 315 g/mol. The zero-order chi connectivity index (χ0) is 16.4. The number of carbonyl (C=O) groups is 2. The van der Waals surface area contributed by atoms with Crippen molar-refractivity contribution in [1.82, 2.24) is 4.90 Å². The van der Waals surface area contributed by atoms with Gasteiger partial charge in [-0.25, -0.2) is 0 Å². The summed E-state index contributed by atoms with van der Waals surface area (Å²) in [4.78, 5) is 25.6. The number of hydrogen-bond donors (Lipinski definition) is 1. The van der Waals surface area contributed by atoms with E-state index in [2.05, 4.69) is 31.2 Å². The fourth-order valence-corrected chi connectivity index (χ4v) is 3.65. The largest absolute Gasteiger partial charge is 0.481 e. The lowest BCUT2D eigenvalue weighted by molar-refractivity contribution is -0.142. The van der Waals surface area contributed by atoms with Crippen LogP contribution in [-0.4, -0.2) is 35.0 Å². The molecule has 1 N–H and O–H groups in total. The van der Waals surface area contributed by atoms with E-state index in [4.69, 9.17) is 0 Å². The molecule has 1 aliphatic heterocycles. The number of carboxylic acid groups (broad SMARTS) is 1. The number of rotatable bonds is 6. The third-order valence-corrected chi connectivity index (χ3v) is 5.24. The maximum atomic E-state index is 12.4. The van der Waals surface area contributed by atoms with Gasteiger partial charge in [-0.1, -0.05) is 29.8 Å². The molecule has 3 rings (SSSR count). The highest BCUT2D eigenvalue weighted by molar-refractivity contribution is 5.79. The molecule has 1 aromatic carbocycles. The Kier molecular flexibility index (Phi) is 4.69. The number of amides is 1. The minimum atomic E-state index is -0.739. The van der Waals surface area contributed by atoms with E-state index in [1.807, 2.05) is 0 Å². The minimum Gasteiger partial charge on any atom is -0.481 e. The summed E-state index contributed by atoms with van der Waals surface area (Å²) in [6, 6.07) is 8.41.